The number of hydrogen-bond acceptors (Lipinski definition) is 4. The molecule has 2 atom stereocenters. The van der Waals surface area contributed by atoms with E-state index in [4.69, 9.17) is 4.74 Å². The summed E-state index contributed by atoms with van der Waals surface area (Å²) in [7, 11) is 3.39. The average molecular weight is 345 g/mol. The van der Waals surface area contributed by atoms with Crippen LogP contribution in [0.4, 0.5) is 5.69 Å². The molecule has 2 aliphatic heterocycles. The molecule has 6 heteroatoms. The van der Waals surface area contributed by atoms with Crippen LogP contribution >= 0.6 is 0 Å². The fourth-order valence-electron chi connectivity index (χ4n) is 3.72. The van der Waals surface area contributed by atoms with Crippen molar-refractivity contribution in [2.75, 3.05) is 26.0 Å². The van der Waals surface area contributed by atoms with Gasteiger partial charge in [-0.15, -0.1) is 0 Å². The van der Waals surface area contributed by atoms with E-state index in [0.29, 0.717) is 30.2 Å². The lowest BCUT2D eigenvalue weighted by molar-refractivity contribution is -0.130. The SMILES string of the molecule is CN(C)C(=O)COc1ccc(NC(=O)CC2CC3CCC(C2)N3)cc1. The Morgan fingerprint density at radius 2 is 1.80 bits per heavy atom. The molecule has 3 rings (SSSR count). The van der Waals surface area contributed by atoms with E-state index in [1.165, 1.54) is 17.7 Å². The lowest BCUT2D eigenvalue weighted by Crippen LogP contribution is -2.39. The molecule has 2 fully saturated rings. The first-order valence-corrected chi connectivity index (χ1v) is 8.98. The highest BCUT2D eigenvalue weighted by molar-refractivity contribution is 5.90. The van der Waals surface area contributed by atoms with Crippen LogP contribution in [0.25, 0.3) is 0 Å². The lowest BCUT2D eigenvalue weighted by Gasteiger charge is -2.28. The van der Waals surface area contributed by atoms with Crippen LogP contribution in [0, 0.1) is 5.92 Å². The summed E-state index contributed by atoms with van der Waals surface area (Å²) < 4.78 is 5.43. The van der Waals surface area contributed by atoms with Crippen molar-refractivity contribution in [1.82, 2.24) is 10.2 Å². The number of fused-ring (bicyclic) bond motifs is 2. The van der Waals surface area contributed by atoms with Crippen LogP contribution in [0.2, 0.25) is 0 Å². The normalized spacial score (nSPS) is 24.6. The number of carbonyl (C=O) groups is 2. The maximum atomic E-state index is 12.3. The Hall–Kier alpha value is -2.08. The van der Waals surface area contributed by atoms with Crippen molar-refractivity contribution in [2.45, 2.75) is 44.2 Å². The molecule has 1 aromatic rings. The summed E-state index contributed by atoms with van der Waals surface area (Å²) in [5.74, 6) is 1.08. The number of nitrogens with zero attached hydrogens (tertiary/aromatic N) is 1. The first-order valence-electron chi connectivity index (χ1n) is 8.98. The quantitative estimate of drug-likeness (QED) is 0.827. The van der Waals surface area contributed by atoms with E-state index in [-0.39, 0.29) is 18.4 Å². The Labute approximate surface area is 148 Å². The molecule has 2 aliphatic rings. The van der Waals surface area contributed by atoms with Crippen LogP contribution in [0.15, 0.2) is 24.3 Å². The highest BCUT2D eigenvalue weighted by atomic mass is 16.5. The largest absolute Gasteiger partial charge is 0.484 e. The van der Waals surface area contributed by atoms with Crippen LogP contribution < -0.4 is 15.4 Å². The van der Waals surface area contributed by atoms with Gasteiger partial charge in [-0.25, -0.2) is 0 Å². The summed E-state index contributed by atoms with van der Waals surface area (Å²) >= 11 is 0. The Morgan fingerprint density at radius 1 is 1.16 bits per heavy atom. The van der Waals surface area contributed by atoms with Crippen LogP contribution in [-0.2, 0) is 9.59 Å². The minimum atomic E-state index is -0.0895. The third kappa shape index (κ3) is 4.95. The van der Waals surface area contributed by atoms with Gasteiger partial charge in [0, 0.05) is 38.3 Å². The summed E-state index contributed by atoms with van der Waals surface area (Å²) in [6, 6.07) is 8.36. The van der Waals surface area contributed by atoms with E-state index in [1.807, 2.05) is 0 Å². The van der Waals surface area contributed by atoms with E-state index in [2.05, 4.69) is 10.6 Å². The zero-order valence-corrected chi connectivity index (χ0v) is 15.0. The Kier molecular flexibility index (Phi) is 5.58. The van der Waals surface area contributed by atoms with Gasteiger partial charge in [0.2, 0.25) is 5.91 Å². The van der Waals surface area contributed by atoms with Crippen molar-refractivity contribution in [3.8, 4) is 5.75 Å². The summed E-state index contributed by atoms with van der Waals surface area (Å²) in [6.45, 7) is 0.0107. The molecule has 2 N–H and O–H groups in total. The van der Waals surface area contributed by atoms with Crippen molar-refractivity contribution in [3.05, 3.63) is 24.3 Å². The Morgan fingerprint density at radius 3 is 2.40 bits per heavy atom. The number of amides is 2. The second-order valence-corrected chi connectivity index (χ2v) is 7.33. The third-order valence-corrected chi connectivity index (χ3v) is 5.04. The second-order valence-electron chi connectivity index (χ2n) is 7.33. The summed E-state index contributed by atoms with van der Waals surface area (Å²) in [5.41, 5.74) is 0.758. The van der Waals surface area contributed by atoms with E-state index in [1.54, 1.807) is 38.4 Å². The second kappa shape index (κ2) is 7.87. The van der Waals surface area contributed by atoms with Gasteiger partial charge in [-0.1, -0.05) is 0 Å². The smallest absolute Gasteiger partial charge is 0.259 e. The number of ether oxygens (including phenoxy) is 1. The van der Waals surface area contributed by atoms with Gasteiger partial charge in [0.05, 0.1) is 0 Å². The van der Waals surface area contributed by atoms with Crippen LogP contribution in [0.3, 0.4) is 0 Å². The number of anilines is 1. The molecular weight excluding hydrogens is 318 g/mol. The molecule has 0 aromatic heterocycles. The van der Waals surface area contributed by atoms with Gasteiger partial charge in [0.1, 0.15) is 5.75 Å². The summed E-state index contributed by atoms with van der Waals surface area (Å²) in [6.07, 6.45) is 5.30. The van der Waals surface area contributed by atoms with Crippen molar-refractivity contribution in [2.24, 2.45) is 5.92 Å². The van der Waals surface area contributed by atoms with Crippen molar-refractivity contribution >= 4 is 17.5 Å². The zero-order valence-electron chi connectivity index (χ0n) is 15.0. The minimum Gasteiger partial charge on any atom is -0.484 e. The number of carbonyl (C=O) groups excluding carboxylic acids is 2. The first-order chi connectivity index (χ1) is 12.0. The molecule has 2 amide bonds. The molecule has 0 radical (unpaired) electrons. The van der Waals surface area contributed by atoms with E-state index in [0.717, 1.165) is 18.5 Å². The van der Waals surface area contributed by atoms with Crippen LogP contribution in [0.1, 0.15) is 32.1 Å². The molecule has 2 unspecified atom stereocenters. The molecule has 2 saturated heterocycles. The van der Waals surface area contributed by atoms with Crippen molar-refractivity contribution < 1.29 is 14.3 Å². The Balaban J connectivity index is 1.44. The van der Waals surface area contributed by atoms with E-state index in [9.17, 15) is 9.59 Å². The lowest BCUT2D eigenvalue weighted by atomic mass is 9.89. The minimum absolute atomic E-state index is 0.0107. The van der Waals surface area contributed by atoms with Crippen molar-refractivity contribution in [3.63, 3.8) is 0 Å². The fraction of sp³-hybridized carbons (Fsp3) is 0.579. The first kappa shape index (κ1) is 17.7. The van der Waals surface area contributed by atoms with Gasteiger partial charge >= 0.3 is 0 Å². The topological polar surface area (TPSA) is 70.7 Å². The van der Waals surface area contributed by atoms with Crippen LogP contribution in [0.5, 0.6) is 5.75 Å². The molecule has 0 saturated carbocycles. The van der Waals surface area contributed by atoms with Crippen molar-refractivity contribution in [1.29, 1.82) is 0 Å². The Bertz CT molecular complexity index is 603. The van der Waals surface area contributed by atoms with E-state index >= 15 is 0 Å². The fourth-order valence-corrected chi connectivity index (χ4v) is 3.72. The molecule has 136 valence electrons. The number of piperidine rings is 1. The summed E-state index contributed by atoms with van der Waals surface area (Å²) in [5, 5.41) is 6.56. The molecule has 0 spiro atoms. The third-order valence-electron chi connectivity index (χ3n) is 5.04. The molecular formula is C19H27N3O3. The van der Waals surface area contributed by atoms with E-state index < -0.39 is 0 Å². The highest BCUT2D eigenvalue weighted by Gasteiger charge is 2.34. The number of nitrogens with one attached hydrogen (secondary N) is 2. The molecule has 1 aromatic carbocycles. The highest BCUT2D eigenvalue weighted by Crippen LogP contribution is 2.32. The van der Waals surface area contributed by atoms with Gasteiger partial charge in [0.25, 0.3) is 5.91 Å². The molecule has 6 nitrogen and oxygen atoms in total. The summed E-state index contributed by atoms with van der Waals surface area (Å²) in [4.78, 5) is 25.3. The maximum absolute atomic E-state index is 12.3. The number of likely N-dealkylation sites (N-methyl/N-ethyl adjacent to an activating group) is 1. The number of rotatable bonds is 6. The molecule has 2 bridgehead atoms. The maximum Gasteiger partial charge on any atom is 0.259 e. The van der Waals surface area contributed by atoms with Gasteiger partial charge < -0.3 is 20.3 Å². The molecule has 0 aliphatic carbocycles. The van der Waals surface area contributed by atoms with Gasteiger partial charge in [-0.2, -0.15) is 0 Å². The van der Waals surface area contributed by atoms with Gasteiger partial charge in [-0.05, 0) is 55.9 Å². The molecule has 25 heavy (non-hydrogen) atoms. The van der Waals surface area contributed by atoms with Gasteiger partial charge in [-0.3, -0.25) is 9.59 Å². The average Bonchev–Trinajstić information content (AvgIpc) is 2.92. The number of benzene rings is 1. The molecule has 2 heterocycles. The van der Waals surface area contributed by atoms with Crippen LogP contribution in [-0.4, -0.2) is 49.5 Å². The predicted molar refractivity (Wildman–Crippen MR) is 96.5 cm³/mol. The number of hydrogen-bond donors (Lipinski definition) is 2. The van der Waals surface area contributed by atoms with Gasteiger partial charge in [0.15, 0.2) is 6.61 Å². The monoisotopic (exact) mass is 345 g/mol. The standard InChI is InChI=1S/C19H27N3O3/c1-22(2)19(24)12-25-17-7-5-14(6-8-17)21-18(23)11-13-9-15-3-4-16(10-13)20-15/h5-8,13,15-16,20H,3-4,9-12H2,1-2H3,(H,21,23). The predicted octanol–water partition coefficient (Wildman–Crippen LogP) is 2.01. The zero-order chi connectivity index (χ0) is 17.8.